The van der Waals surface area contributed by atoms with Crippen LogP contribution in [0.5, 0.6) is 0 Å². The SMILES string of the molecule is CCCCCCCCCCCCCCCC[n+]1ccccc1.CCCCCCCCCCCCCCCC[n+]1ccccc1.O.[Cl-].[Cl-]. The molecule has 2 aromatic rings. The van der Waals surface area contributed by atoms with Gasteiger partial charge in [-0.1, -0.05) is 180 Å². The number of aromatic nitrogens is 2. The lowest BCUT2D eigenvalue weighted by Crippen LogP contribution is -3.00. The molecule has 0 spiro atoms. The zero-order valence-electron chi connectivity index (χ0n) is 31.1. The third-order valence-corrected chi connectivity index (χ3v) is 9.09. The van der Waals surface area contributed by atoms with Crippen molar-refractivity contribution >= 4 is 0 Å². The van der Waals surface area contributed by atoms with Crippen LogP contribution in [0.3, 0.4) is 0 Å². The van der Waals surface area contributed by atoms with Gasteiger partial charge < -0.3 is 30.3 Å². The molecule has 47 heavy (non-hydrogen) atoms. The maximum atomic E-state index is 2.29. The van der Waals surface area contributed by atoms with Crippen molar-refractivity contribution in [3.05, 3.63) is 61.2 Å². The number of pyridine rings is 2. The van der Waals surface area contributed by atoms with E-state index in [9.17, 15) is 0 Å². The van der Waals surface area contributed by atoms with Crippen LogP contribution >= 0.6 is 0 Å². The average molecular weight is 698 g/mol. The maximum Gasteiger partial charge on any atom is 0.168 e. The van der Waals surface area contributed by atoms with E-state index in [-0.39, 0.29) is 30.3 Å². The third kappa shape index (κ3) is 37.5. The summed E-state index contributed by atoms with van der Waals surface area (Å²) in [6.45, 7) is 6.94. The number of nitrogens with zero attached hydrogens (tertiary/aromatic N) is 2. The zero-order chi connectivity index (χ0) is 31.4. The first-order valence-electron chi connectivity index (χ1n) is 19.7. The molecular formula is C42H78Cl2N2O. The fourth-order valence-electron chi connectivity index (χ4n) is 6.14. The molecule has 2 heterocycles. The quantitative estimate of drug-likeness (QED) is 0.0701. The van der Waals surface area contributed by atoms with Crippen LogP contribution in [0.4, 0.5) is 0 Å². The van der Waals surface area contributed by atoms with Crippen molar-refractivity contribution < 1.29 is 39.4 Å². The Balaban J connectivity index is -0.000000774. The van der Waals surface area contributed by atoms with E-state index in [0.29, 0.717) is 0 Å². The highest BCUT2D eigenvalue weighted by molar-refractivity contribution is 4.84. The summed E-state index contributed by atoms with van der Waals surface area (Å²) in [4.78, 5) is 0. The van der Waals surface area contributed by atoms with Crippen molar-refractivity contribution in [3.8, 4) is 0 Å². The first kappa shape index (κ1) is 50.2. The average Bonchev–Trinajstić information content (AvgIpc) is 3.06. The smallest absolute Gasteiger partial charge is 0.168 e. The number of halogens is 2. The second-order valence-electron chi connectivity index (χ2n) is 13.4. The van der Waals surface area contributed by atoms with Gasteiger partial charge in [0.2, 0.25) is 0 Å². The summed E-state index contributed by atoms with van der Waals surface area (Å²) >= 11 is 0. The van der Waals surface area contributed by atoms with Crippen LogP contribution in [-0.4, -0.2) is 5.48 Å². The van der Waals surface area contributed by atoms with Crippen molar-refractivity contribution in [3.63, 3.8) is 0 Å². The summed E-state index contributed by atoms with van der Waals surface area (Å²) in [6, 6.07) is 12.6. The first-order chi connectivity index (χ1) is 21.9. The largest absolute Gasteiger partial charge is 1.00 e. The van der Waals surface area contributed by atoms with Crippen molar-refractivity contribution in [1.29, 1.82) is 0 Å². The standard InChI is InChI=1S/2C21H38N.2ClH.H2O/c2*1-2-3-4-5-6-7-8-9-10-11-12-13-14-16-19-22-20-17-15-18-21-22;;;/h2*15,17-18,20-21H,2-14,16,19H2,1H3;2*1H;1H2/q2*+1;;;/p-2. The molecule has 2 aromatic heterocycles. The Morgan fingerprint density at radius 1 is 0.277 bits per heavy atom. The summed E-state index contributed by atoms with van der Waals surface area (Å²) in [5, 5.41) is 0. The molecule has 0 bridgehead atoms. The first-order valence-corrected chi connectivity index (χ1v) is 19.7. The normalized spacial score (nSPS) is 10.3. The van der Waals surface area contributed by atoms with E-state index in [4.69, 9.17) is 0 Å². The molecule has 5 heteroatoms. The van der Waals surface area contributed by atoms with Crippen molar-refractivity contribution in [2.45, 2.75) is 207 Å². The highest BCUT2D eigenvalue weighted by Crippen LogP contribution is 2.14. The Bertz CT molecular complexity index is 726. The zero-order valence-corrected chi connectivity index (χ0v) is 32.6. The van der Waals surface area contributed by atoms with Crippen LogP contribution in [0.1, 0.15) is 194 Å². The molecule has 0 saturated carbocycles. The molecule has 0 atom stereocenters. The lowest BCUT2D eigenvalue weighted by molar-refractivity contribution is -0.697. The Labute approximate surface area is 306 Å². The Hall–Kier alpha value is -1.16. The highest BCUT2D eigenvalue weighted by atomic mass is 35.5. The van der Waals surface area contributed by atoms with E-state index in [0.717, 1.165) is 0 Å². The van der Waals surface area contributed by atoms with E-state index in [1.807, 2.05) is 0 Å². The summed E-state index contributed by atoms with van der Waals surface area (Å²) in [6.07, 6.45) is 48.8. The number of hydrogen-bond donors (Lipinski definition) is 0. The number of aryl methyl sites for hydroxylation is 2. The minimum Gasteiger partial charge on any atom is -1.00 e. The molecule has 0 amide bonds. The van der Waals surface area contributed by atoms with Gasteiger partial charge in [-0.25, -0.2) is 9.13 Å². The van der Waals surface area contributed by atoms with Gasteiger partial charge in [-0.2, -0.15) is 0 Å². The second kappa shape index (κ2) is 42.9. The fourth-order valence-corrected chi connectivity index (χ4v) is 6.14. The van der Waals surface area contributed by atoms with Crippen LogP contribution in [-0.2, 0) is 13.1 Å². The lowest BCUT2D eigenvalue weighted by Gasteiger charge is -2.02. The molecule has 276 valence electrons. The summed E-state index contributed by atoms with van der Waals surface area (Å²) < 4.78 is 4.58. The van der Waals surface area contributed by atoms with E-state index in [1.54, 1.807) is 0 Å². The summed E-state index contributed by atoms with van der Waals surface area (Å²) in [5.74, 6) is 0. The Morgan fingerprint density at radius 2 is 0.468 bits per heavy atom. The number of rotatable bonds is 30. The van der Waals surface area contributed by atoms with Crippen LogP contribution < -0.4 is 33.9 Å². The molecule has 0 unspecified atom stereocenters. The maximum absolute atomic E-state index is 2.29. The molecule has 0 saturated heterocycles. The van der Waals surface area contributed by atoms with Gasteiger partial charge in [0, 0.05) is 37.1 Å². The molecule has 3 nitrogen and oxygen atoms in total. The summed E-state index contributed by atoms with van der Waals surface area (Å²) in [5.41, 5.74) is 0. The van der Waals surface area contributed by atoms with E-state index in [2.05, 4.69) is 84.2 Å². The van der Waals surface area contributed by atoms with Gasteiger partial charge in [-0.15, -0.1) is 0 Å². The van der Waals surface area contributed by atoms with Gasteiger partial charge in [-0.3, -0.25) is 0 Å². The van der Waals surface area contributed by atoms with Gasteiger partial charge in [0.1, 0.15) is 13.1 Å². The Morgan fingerprint density at radius 3 is 0.681 bits per heavy atom. The fraction of sp³-hybridized carbons (Fsp3) is 0.762. The predicted octanol–water partition coefficient (Wildman–Crippen LogP) is 6.09. The van der Waals surface area contributed by atoms with Crippen LogP contribution in [0, 0.1) is 0 Å². The van der Waals surface area contributed by atoms with Crippen molar-refractivity contribution in [2.75, 3.05) is 0 Å². The van der Waals surface area contributed by atoms with Gasteiger partial charge in [0.05, 0.1) is 0 Å². The second-order valence-corrected chi connectivity index (χ2v) is 13.4. The topological polar surface area (TPSA) is 39.3 Å². The predicted molar refractivity (Wildman–Crippen MR) is 198 cm³/mol. The number of hydrogen-bond acceptors (Lipinski definition) is 0. The molecule has 0 aliphatic carbocycles. The van der Waals surface area contributed by atoms with Crippen LogP contribution in [0.2, 0.25) is 0 Å². The highest BCUT2D eigenvalue weighted by Gasteiger charge is 1.99. The monoisotopic (exact) mass is 697 g/mol. The molecule has 0 aromatic carbocycles. The van der Waals surface area contributed by atoms with Crippen LogP contribution in [0.25, 0.3) is 0 Å². The molecule has 2 N–H and O–H groups in total. The minimum absolute atomic E-state index is 0. The minimum atomic E-state index is 0. The van der Waals surface area contributed by atoms with Gasteiger partial charge in [0.15, 0.2) is 24.8 Å². The molecule has 0 radical (unpaired) electrons. The van der Waals surface area contributed by atoms with E-state index in [1.165, 1.54) is 193 Å². The van der Waals surface area contributed by atoms with Crippen LogP contribution in [0.15, 0.2) is 61.2 Å². The molecule has 0 aliphatic rings. The molecule has 0 fully saturated rings. The van der Waals surface area contributed by atoms with E-state index >= 15 is 0 Å². The molecule has 0 aliphatic heterocycles. The van der Waals surface area contributed by atoms with Gasteiger partial charge in [-0.05, 0) is 12.8 Å². The van der Waals surface area contributed by atoms with Crippen molar-refractivity contribution in [2.24, 2.45) is 0 Å². The van der Waals surface area contributed by atoms with E-state index < -0.39 is 0 Å². The Kier molecular flexibility index (Phi) is 45.8. The number of unbranched alkanes of at least 4 members (excludes halogenated alkanes) is 26. The lowest BCUT2D eigenvalue weighted by atomic mass is 10.0. The van der Waals surface area contributed by atoms with Crippen molar-refractivity contribution in [1.82, 2.24) is 0 Å². The van der Waals surface area contributed by atoms with Gasteiger partial charge >= 0.3 is 0 Å². The summed E-state index contributed by atoms with van der Waals surface area (Å²) in [7, 11) is 0. The third-order valence-electron chi connectivity index (χ3n) is 9.09. The molecule has 2 rings (SSSR count). The van der Waals surface area contributed by atoms with Gasteiger partial charge in [0.25, 0.3) is 0 Å². The molecular weight excluding hydrogens is 619 g/mol.